The first-order chi connectivity index (χ1) is 8.58. The van der Waals surface area contributed by atoms with Gasteiger partial charge in [-0.15, -0.1) is 0 Å². The summed E-state index contributed by atoms with van der Waals surface area (Å²) in [6.07, 6.45) is 0.961. The van der Waals surface area contributed by atoms with Crippen molar-refractivity contribution < 1.29 is 9.53 Å². The van der Waals surface area contributed by atoms with Crippen LogP contribution in [-0.4, -0.2) is 25.1 Å². The quantitative estimate of drug-likeness (QED) is 0.731. The molecule has 0 saturated heterocycles. The standard InChI is InChI=1S/C14H22N2O2/c1-11(2)15-8-5-9-18-14-7-4-6-13(10-14)16-12(3)17/h4,6-7,10-11,15H,5,8-9H2,1-3H3,(H,16,17). The number of rotatable bonds is 7. The van der Waals surface area contributed by atoms with E-state index in [1.54, 1.807) is 0 Å². The van der Waals surface area contributed by atoms with E-state index in [-0.39, 0.29) is 5.91 Å². The van der Waals surface area contributed by atoms with Crippen molar-refractivity contribution in [2.24, 2.45) is 0 Å². The minimum Gasteiger partial charge on any atom is -0.493 e. The number of hydrogen-bond donors (Lipinski definition) is 2. The number of benzene rings is 1. The van der Waals surface area contributed by atoms with E-state index in [0.717, 1.165) is 24.4 Å². The Labute approximate surface area is 109 Å². The van der Waals surface area contributed by atoms with Crippen LogP contribution in [0.3, 0.4) is 0 Å². The molecule has 1 aromatic carbocycles. The summed E-state index contributed by atoms with van der Waals surface area (Å²) in [5, 5.41) is 6.06. The predicted octanol–water partition coefficient (Wildman–Crippen LogP) is 2.41. The molecule has 0 bridgehead atoms. The molecule has 0 aliphatic rings. The summed E-state index contributed by atoms with van der Waals surface area (Å²) in [5.74, 6) is 0.707. The van der Waals surface area contributed by atoms with Crippen LogP contribution in [0.25, 0.3) is 0 Å². The Hall–Kier alpha value is -1.55. The normalized spacial score (nSPS) is 10.4. The molecule has 1 aromatic rings. The van der Waals surface area contributed by atoms with E-state index in [1.165, 1.54) is 6.92 Å². The average molecular weight is 250 g/mol. The van der Waals surface area contributed by atoms with Gasteiger partial charge < -0.3 is 15.4 Å². The summed E-state index contributed by atoms with van der Waals surface area (Å²) in [4.78, 5) is 10.9. The Kier molecular flexibility index (Phi) is 6.22. The monoisotopic (exact) mass is 250 g/mol. The van der Waals surface area contributed by atoms with E-state index >= 15 is 0 Å². The van der Waals surface area contributed by atoms with E-state index in [9.17, 15) is 4.79 Å². The van der Waals surface area contributed by atoms with Gasteiger partial charge in [0.2, 0.25) is 5.91 Å². The Balaban J connectivity index is 2.31. The maximum absolute atomic E-state index is 10.9. The lowest BCUT2D eigenvalue weighted by Gasteiger charge is -2.10. The molecule has 18 heavy (non-hydrogen) atoms. The second-order valence-corrected chi connectivity index (χ2v) is 4.52. The van der Waals surface area contributed by atoms with Crippen LogP contribution in [0, 0.1) is 0 Å². The second-order valence-electron chi connectivity index (χ2n) is 4.52. The largest absolute Gasteiger partial charge is 0.493 e. The van der Waals surface area contributed by atoms with Crippen LogP contribution >= 0.6 is 0 Å². The van der Waals surface area contributed by atoms with E-state index in [1.807, 2.05) is 24.3 Å². The molecule has 0 aromatic heterocycles. The van der Waals surface area contributed by atoms with Crippen LogP contribution in [0.2, 0.25) is 0 Å². The molecule has 0 spiro atoms. The lowest BCUT2D eigenvalue weighted by molar-refractivity contribution is -0.114. The Bertz CT molecular complexity index is 378. The van der Waals surface area contributed by atoms with Gasteiger partial charge in [-0.25, -0.2) is 0 Å². The maximum Gasteiger partial charge on any atom is 0.221 e. The molecule has 0 heterocycles. The highest BCUT2D eigenvalue weighted by molar-refractivity contribution is 5.88. The average Bonchev–Trinajstić information content (AvgIpc) is 2.27. The number of ether oxygens (including phenoxy) is 1. The lowest BCUT2D eigenvalue weighted by atomic mass is 10.3. The zero-order valence-electron chi connectivity index (χ0n) is 11.3. The van der Waals surface area contributed by atoms with Crippen molar-refractivity contribution in [2.45, 2.75) is 33.2 Å². The van der Waals surface area contributed by atoms with Gasteiger partial charge in [-0.05, 0) is 25.1 Å². The molecule has 0 aliphatic carbocycles. The van der Waals surface area contributed by atoms with E-state index < -0.39 is 0 Å². The first-order valence-electron chi connectivity index (χ1n) is 6.32. The molecule has 1 rings (SSSR count). The van der Waals surface area contributed by atoms with Crippen LogP contribution in [-0.2, 0) is 4.79 Å². The van der Waals surface area contributed by atoms with Gasteiger partial charge in [-0.2, -0.15) is 0 Å². The number of anilines is 1. The van der Waals surface area contributed by atoms with Crippen molar-refractivity contribution in [3.05, 3.63) is 24.3 Å². The first kappa shape index (κ1) is 14.5. The molecule has 100 valence electrons. The summed E-state index contributed by atoms with van der Waals surface area (Å²) in [5.41, 5.74) is 0.764. The van der Waals surface area contributed by atoms with Crippen molar-refractivity contribution in [1.82, 2.24) is 5.32 Å². The summed E-state index contributed by atoms with van der Waals surface area (Å²) < 4.78 is 5.62. The van der Waals surface area contributed by atoms with Crippen LogP contribution in [0.5, 0.6) is 5.75 Å². The highest BCUT2D eigenvalue weighted by atomic mass is 16.5. The van der Waals surface area contributed by atoms with E-state index in [0.29, 0.717) is 12.6 Å². The highest BCUT2D eigenvalue weighted by Gasteiger charge is 1.99. The number of carbonyl (C=O) groups excluding carboxylic acids is 1. The molecule has 0 saturated carbocycles. The van der Waals surface area contributed by atoms with Crippen molar-refractivity contribution in [3.63, 3.8) is 0 Å². The van der Waals surface area contributed by atoms with Gasteiger partial charge in [0.25, 0.3) is 0 Å². The Morgan fingerprint density at radius 1 is 1.39 bits per heavy atom. The molecule has 0 atom stereocenters. The van der Waals surface area contributed by atoms with E-state index in [2.05, 4.69) is 24.5 Å². The fraction of sp³-hybridized carbons (Fsp3) is 0.500. The van der Waals surface area contributed by atoms with Crippen molar-refractivity contribution in [2.75, 3.05) is 18.5 Å². The van der Waals surface area contributed by atoms with Crippen LogP contribution in [0.1, 0.15) is 27.2 Å². The molecular weight excluding hydrogens is 228 g/mol. The van der Waals surface area contributed by atoms with Gasteiger partial charge in [0.05, 0.1) is 6.61 Å². The topological polar surface area (TPSA) is 50.4 Å². The molecule has 4 nitrogen and oxygen atoms in total. The zero-order chi connectivity index (χ0) is 13.4. The summed E-state index contributed by atoms with van der Waals surface area (Å²) >= 11 is 0. The maximum atomic E-state index is 10.9. The molecule has 1 amide bonds. The summed E-state index contributed by atoms with van der Waals surface area (Å²) in [6, 6.07) is 7.94. The molecule has 0 fully saturated rings. The number of amides is 1. The molecule has 4 heteroatoms. The van der Waals surface area contributed by atoms with Gasteiger partial charge in [0.15, 0.2) is 0 Å². The zero-order valence-corrected chi connectivity index (χ0v) is 11.3. The third-order valence-electron chi connectivity index (χ3n) is 2.30. The minimum atomic E-state index is -0.0757. The minimum absolute atomic E-state index is 0.0757. The summed E-state index contributed by atoms with van der Waals surface area (Å²) in [6.45, 7) is 7.35. The van der Waals surface area contributed by atoms with Crippen LogP contribution in [0.15, 0.2) is 24.3 Å². The van der Waals surface area contributed by atoms with Gasteiger partial charge >= 0.3 is 0 Å². The van der Waals surface area contributed by atoms with Crippen LogP contribution in [0.4, 0.5) is 5.69 Å². The smallest absolute Gasteiger partial charge is 0.221 e. The third-order valence-corrected chi connectivity index (χ3v) is 2.30. The number of hydrogen-bond acceptors (Lipinski definition) is 3. The third kappa shape index (κ3) is 6.25. The molecule has 0 aliphatic heterocycles. The second kappa shape index (κ2) is 7.71. The van der Waals surface area contributed by atoms with Crippen molar-refractivity contribution in [3.8, 4) is 5.75 Å². The van der Waals surface area contributed by atoms with Crippen LogP contribution < -0.4 is 15.4 Å². The van der Waals surface area contributed by atoms with Gasteiger partial charge in [-0.3, -0.25) is 4.79 Å². The first-order valence-corrected chi connectivity index (χ1v) is 6.32. The molecular formula is C14H22N2O2. The van der Waals surface area contributed by atoms with Gasteiger partial charge in [-0.1, -0.05) is 19.9 Å². The van der Waals surface area contributed by atoms with Gasteiger partial charge in [0, 0.05) is 24.7 Å². The molecule has 0 unspecified atom stereocenters. The van der Waals surface area contributed by atoms with Gasteiger partial charge in [0.1, 0.15) is 5.75 Å². The number of carbonyl (C=O) groups is 1. The van der Waals surface area contributed by atoms with E-state index in [4.69, 9.17) is 4.74 Å². The molecule has 2 N–H and O–H groups in total. The fourth-order valence-corrected chi connectivity index (χ4v) is 1.52. The Morgan fingerprint density at radius 2 is 2.17 bits per heavy atom. The van der Waals surface area contributed by atoms with Crippen molar-refractivity contribution in [1.29, 1.82) is 0 Å². The predicted molar refractivity (Wildman–Crippen MR) is 74.0 cm³/mol. The Morgan fingerprint density at radius 3 is 2.83 bits per heavy atom. The lowest BCUT2D eigenvalue weighted by Crippen LogP contribution is -2.24. The highest BCUT2D eigenvalue weighted by Crippen LogP contribution is 2.17. The SMILES string of the molecule is CC(=O)Nc1cccc(OCCCNC(C)C)c1. The molecule has 0 radical (unpaired) electrons. The number of nitrogens with one attached hydrogen (secondary N) is 2. The van der Waals surface area contributed by atoms with Crippen molar-refractivity contribution >= 4 is 11.6 Å². The summed E-state index contributed by atoms with van der Waals surface area (Å²) in [7, 11) is 0. The fourth-order valence-electron chi connectivity index (χ4n) is 1.52.